The van der Waals surface area contributed by atoms with Gasteiger partial charge in [-0.15, -0.1) is 0 Å². The summed E-state index contributed by atoms with van der Waals surface area (Å²) < 4.78 is 11.4. The van der Waals surface area contributed by atoms with Crippen LogP contribution in [0.2, 0.25) is 23.2 Å². The molecule has 0 saturated heterocycles. The molecule has 1 aliphatic carbocycles. The average molecular weight is 353 g/mol. The van der Waals surface area contributed by atoms with Crippen molar-refractivity contribution in [2.45, 2.75) is 52.2 Å². The van der Waals surface area contributed by atoms with Crippen LogP contribution in [0.4, 0.5) is 0 Å². The number of benzene rings is 1. The Morgan fingerprint density at radius 1 is 1.30 bits per heavy atom. The van der Waals surface area contributed by atoms with Gasteiger partial charge in [0.25, 0.3) is 8.32 Å². The minimum Gasteiger partial charge on any atom is -0.542 e. The third-order valence-electron chi connectivity index (χ3n) is 4.61. The Morgan fingerprint density at radius 3 is 2.52 bits per heavy atom. The number of halogens is 1. The van der Waals surface area contributed by atoms with Crippen LogP contribution in [0.1, 0.15) is 38.8 Å². The number of hydrogen-bond donors (Lipinski definition) is 0. The Hall–Kier alpha value is -1.26. The van der Waals surface area contributed by atoms with E-state index in [9.17, 15) is 4.79 Å². The molecule has 23 heavy (non-hydrogen) atoms. The van der Waals surface area contributed by atoms with E-state index in [1.165, 1.54) is 0 Å². The molecule has 0 unspecified atom stereocenters. The van der Waals surface area contributed by atoms with Crippen molar-refractivity contribution in [3.8, 4) is 5.75 Å². The highest BCUT2D eigenvalue weighted by Gasteiger charge is 2.39. The molecule has 0 bridgehead atoms. The average Bonchev–Trinajstić information content (AvgIpc) is 2.80. The van der Waals surface area contributed by atoms with Crippen LogP contribution in [0.15, 0.2) is 17.7 Å². The van der Waals surface area contributed by atoms with Crippen molar-refractivity contribution in [2.24, 2.45) is 0 Å². The second-order valence-electron chi connectivity index (χ2n) is 7.41. The van der Waals surface area contributed by atoms with Gasteiger partial charge in [-0.1, -0.05) is 32.4 Å². The van der Waals surface area contributed by atoms with Gasteiger partial charge in [0, 0.05) is 12.0 Å². The number of carbonyl (C=O) groups is 1. The molecule has 0 aliphatic heterocycles. The number of esters is 1. The molecule has 1 aromatic rings. The van der Waals surface area contributed by atoms with E-state index in [0.717, 1.165) is 16.9 Å². The minimum atomic E-state index is -1.95. The van der Waals surface area contributed by atoms with E-state index in [0.29, 0.717) is 23.6 Å². The predicted octanol–water partition coefficient (Wildman–Crippen LogP) is 5.23. The van der Waals surface area contributed by atoms with Crippen LogP contribution in [0, 0.1) is 0 Å². The molecule has 0 spiro atoms. The molecule has 0 fully saturated rings. The molecule has 126 valence electrons. The first-order valence-electron chi connectivity index (χ1n) is 7.94. The van der Waals surface area contributed by atoms with E-state index >= 15 is 0 Å². The Kier molecular flexibility index (Phi) is 4.97. The van der Waals surface area contributed by atoms with Crippen LogP contribution in [0.25, 0.3) is 6.08 Å². The Bertz CT molecular complexity index is 657. The summed E-state index contributed by atoms with van der Waals surface area (Å²) in [5.41, 5.74) is 2.70. The molecule has 2 rings (SSSR count). The van der Waals surface area contributed by atoms with E-state index in [2.05, 4.69) is 33.9 Å². The maximum atomic E-state index is 11.9. The fourth-order valence-corrected chi connectivity index (χ4v) is 3.50. The number of carbonyl (C=O) groups excluding carboxylic acids is 1. The van der Waals surface area contributed by atoms with E-state index in [1.54, 1.807) is 0 Å². The lowest BCUT2D eigenvalue weighted by Crippen LogP contribution is -2.43. The number of rotatable bonds is 4. The topological polar surface area (TPSA) is 35.5 Å². The minimum absolute atomic E-state index is 0.101. The van der Waals surface area contributed by atoms with Crippen LogP contribution >= 0.6 is 11.6 Å². The van der Waals surface area contributed by atoms with Gasteiger partial charge >= 0.3 is 5.97 Å². The smallest absolute Gasteiger partial charge is 0.334 e. The molecular weight excluding hydrogens is 328 g/mol. The zero-order valence-electron chi connectivity index (χ0n) is 14.7. The molecule has 0 amide bonds. The zero-order chi connectivity index (χ0) is 17.4. The highest BCUT2D eigenvalue weighted by Crippen LogP contribution is 2.41. The van der Waals surface area contributed by atoms with Crippen molar-refractivity contribution >= 4 is 32.0 Å². The van der Waals surface area contributed by atoms with Gasteiger partial charge in [0.1, 0.15) is 5.75 Å². The van der Waals surface area contributed by atoms with Crippen LogP contribution in [0.3, 0.4) is 0 Å². The van der Waals surface area contributed by atoms with Crippen LogP contribution < -0.4 is 4.43 Å². The molecule has 0 saturated carbocycles. The SMILES string of the molecule is CCOC(=O)C1=Cc2cc(Cl)c(O[Si](C)(C)C(C)(C)C)cc2C1. The van der Waals surface area contributed by atoms with Gasteiger partial charge in [-0.25, -0.2) is 4.79 Å². The van der Waals surface area contributed by atoms with Gasteiger partial charge in [-0.05, 0) is 54.4 Å². The summed E-state index contributed by atoms with van der Waals surface area (Å²) in [6.45, 7) is 13.2. The summed E-state index contributed by atoms with van der Waals surface area (Å²) in [5.74, 6) is 0.460. The van der Waals surface area contributed by atoms with Crippen molar-refractivity contribution in [3.05, 3.63) is 33.9 Å². The monoisotopic (exact) mass is 352 g/mol. The quantitative estimate of drug-likeness (QED) is 0.550. The molecule has 0 heterocycles. The van der Waals surface area contributed by atoms with Crippen molar-refractivity contribution < 1.29 is 14.0 Å². The van der Waals surface area contributed by atoms with Crippen LogP contribution in [-0.2, 0) is 16.0 Å². The van der Waals surface area contributed by atoms with Crippen molar-refractivity contribution in [1.29, 1.82) is 0 Å². The van der Waals surface area contributed by atoms with Gasteiger partial charge in [0.15, 0.2) is 0 Å². The summed E-state index contributed by atoms with van der Waals surface area (Å²) >= 11 is 6.40. The fourth-order valence-electron chi connectivity index (χ4n) is 2.20. The number of fused-ring (bicyclic) bond motifs is 1. The first-order chi connectivity index (χ1) is 10.5. The van der Waals surface area contributed by atoms with Crippen LogP contribution in [0.5, 0.6) is 5.75 Å². The van der Waals surface area contributed by atoms with Crippen LogP contribution in [-0.4, -0.2) is 20.9 Å². The van der Waals surface area contributed by atoms with Gasteiger partial charge < -0.3 is 9.16 Å². The predicted molar refractivity (Wildman–Crippen MR) is 97.6 cm³/mol. The fraction of sp³-hybridized carbons (Fsp3) is 0.500. The standard InChI is InChI=1S/C18H25ClO3Si/c1-7-21-17(20)14-8-12-10-15(19)16(11-13(12)9-14)22-23(5,6)18(2,3)4/h8,10-11H,7,9H2,1-6H3. The molecule has 0 radical (unpaired) electrons. The van der Waals surface area contributed by atoms with E-state index in [-0.39, 0.29) is 11.0 Å². The summed E-state index contributed by atoms with van der Waals surface area (Å²) in [7, 11) is -1.95. The largest absolute Gasteiger partial charge is 0.542 e. The summed E-state index contributed by atoms with van der Waals surface area (Å²) in [4.78, 5) is 11.9. The van der Waals surface area contributed by atoms with E-state index in [1.807, 2.05) is 25.1 Å². The Balaban J connectivity index is 2.26. The Labute approximate surface area is 144 Å². The van der Waals surface area contributed by atoms with Crippen molar-refractivity contribution in [3.63, 3.8) is 0 Å². The lowest BCUT2D eigenvalue weighted by atomic mass is 10.1. The van der Waals surface area contributed by atoms with Gasteiger partial charge in [-0.3, -0.25) is 0 Å². The highest BCUT2D eigenvalue weighted by molar-refractivity contribution is 6.74. The molecule has 3 nitrogen and oxygen atoms in total. The number of ether oxygens (including phenoxy) is 1. The molecule has 1 aliphatic rings. The van der Waals surface area contributed by atoms with Gasteiger partial charge in [0.05, 0.1) is 11.6 Å². The van der Waals surface area contributed by atoms with Gasteiger partial charge in [-0.2, -0.15) is 0 Å². The van der Waals surface area contributed by atoms with Crippen molar-refractivity contribution in [1.82, 2.24) is 0 Å². The maximum absolute atomic E-state index is 11.9. The molecule has 0 N–H and O–H groups in total. The molecule has 5 heteroatoms. The molecule has 0 aromatic heterocycles. The summed E-state index contributed by atoms with van der Waals surface area (Å²) in [6, 6.07) is 3.85. The summed E-state index contributed by atoms with van der Waals surface area (Å²) in [5, 5.41) is 0.693. The maximum Gasteiger partial charge on any atom is 0.334 e. The second-order valence-corrected chi connectivity index (χ2v) is 12.5. The first-order valence-corrected chi connectivity index (χ1v) is 11.2. The third-order valence-corrected chi connectivity index (χ3v) is 9.25. The highest BCUT2D eigenvalue weighted by atomic mass is 35.5. The van der Waals surface area contributed by atoms with Gasteiger partial charge in [0.2, 0.25) is 0 Å². The Morgan fingerprint density at radius 2 is 1.96 bits per heavy atom. The molecule has 0 atom stereocenters. The lowest BCUT2D eigenvalue weighted by Gasteiger charge is -2.36. The molecular formula is C18H25ClO3Si. The van der Waals surface area contributed by atoms with E-state index < -0.39 is 8.32 Å². The molecule has 1 aromatic carbocycles. The first kappa shape index (κ1) is 18.1. The van der Waals surface area contributed by atoms with Crippen molar-refractivity contribution in [2.75, 3.05) is 6.61 Å². The summed E-state index contributed by atoms with van der Waals surface area (Å²) in [6.07, 6.45) is 2.43. The van der Waals surface area contributed by atoms with E-state index in [4.69, 9.17) is 20.8 Å². The number of hydrogen-bond acceptors (Lipinski definition) is 3. The normalized spacial score (nSPS) is 14.3. The zero-order valence-corrected chi connectivity index (χ0v) is 16.5. The lowest BCUT2D eigenvalue weighted by molar-refractivity contribution is -0.138. The third kappa shape index (κ3) is 3.81. The second kappa shape index (κ2) is 6.33.